The monoisotopic (exact) mass is 692 g/mol. The van der Waals surface area contributed by atoms with Crippen molar-refractivity contribution in [2.75, 3.05) is 12.4 Å². The van der Waals surface area contributed by atoms with E-state index in [9.17, 15) is 24.0 Å². The maximum Gasteiger partial charge on any atom is 0.330 e. The Balaban J connectivity index is 1.48. The fraction of sp³-hybridized carbons (Fsp3) is 0.545. The highest BCUT2D eigenvalue weighted by atomic mass is 35.5. The van der Waals surface area contributed by atoms with Crippen molar-refractivity contribution in [1.29, 1.82) is 0 Å². The lowest BCUT2D eigenvalue weighted by Gasteiger charge is -2.56. The molecule has 2 fully saturated rings. The van der Waals surface area contributed by atoms with Gasteiger partial charge >= 0.3 is 5.97 Å². The fourth-order valence-corrected chi connectivity index (χ4v) is 9.09. The molecule has 0 saturated heterocycles. The van der Waals surface area contributed by atoms with Gasteiger partial charge in [-0.25, -0.2) is 4.79 Å². The molecular weight excluding hydrogens is 651 g/mol. The van der Waals surface area contributed by atoms with Crippen molar-refractivity contribution in [1.82, 2.24) is 15.2 Å². The lowest BCUT2D eigenvalue weighted by atomic mass is 9.53. The van der Waals surface area contributed by atoms with Crippen LogP contribution in [0.15, 0.2) is 41.3 Å². The summed E-state index contributed by atoms with van der Waals surface area (Å²) in [7, 11) is 1.25. The minimum atomic E-state index is -1.10. The number of thiophene rings is 1. The summed E-state index contributed by atoms with van der Waals surface area (Å²) in [6, 6.07) is 3.32. The average molecular weight is 694 g/mol. The summed E-state index contributed by atoms with van der Waals surface area (Å²) in [5.41, 5.74) is -0.605. The van der Waals surface area contributed by atoms with Crippen LogP contribution < -0.4 is 21.5 Å². The van der Waals surface area contributed by atoms with Gasteiger partial charge in [0.05, 0.1) is 17.0 Å². The predicted octanol–water partition coefficient (Wildman–Crippen LogP) is 5.96. The summed E-state index contributed by atoms with van der Waals surface area (Å²) in [5.74, 6) is -1.56. The molecule has 46 heavy (non-hydrogen) atoms. The smallest absolute Gasteiger partial charge is 0.330 e. The second kappa shape index (κ2) is 14.3. The van der Waals surface area contributed by atoms with E-state index in [0.29, 0.717) is 10.3 Å². The van der Waals surface area contributed by atoms with Crippen LogP contribution in [0.25, 0.3) is 0 Å². The molecule has 2 aliphatic rings. The molecule has 2 aliphatic carbocycles. The van der Waals surface area contributed by atoms with E-state index in [1.807, 2.05) is 0 Å². The lowest BCUT2D eigenvalue weighted by Crippen LogP contribution is -2.60. The number of nitrogens with one attached hydrogen (secondary N) is 3. The van der Waals surface area contributed by atoms with Crippen LogP contribution in [0, 0.1) is 16.7 Å². The highest BCUT2D eigenvalue weighted by molar-refractivity contribution is 7.20. The number of amides is 3. The van der Waals surface area contributed by atoms with Crippen molar-refractivity contribution in [3.05, 3.63) is 61.1 Å². The van der Waals surface area contributed by atoms with Gasteiger partial charge in [0.1, 0.15) is 22.6 Å². The molecule has 3 amide bonds. The van der Waals surface area contributed by atoms with Crippen molar-refractivity contribution >= 4 is 63.9 Å². The summed E-state index contributed by atoms with van der Waals surface area (Å²) in [6.45, 7) is 8.81. The lowest BCUT2D eigenvalue weighted by molar-refractivity contribution is -0.135. The number of hydrogen-bond donors (Lipinski definition) is 3. The number of fused-ring (bicyclic) bond motifs is 2. The van der Waals surface area contributed by atoms with Gasteiger partial charge in [-0.05, 0) is 79.9 Å². The van der Waals surface area contributed by atoms with Crippen LogP contribution in [-0.4, -0.2) is 46.9 Å². The quantitative estimate of drug-likeness (QED) is 0.196. The van der Waals surface area contributed by atoms with Crippen LogP contribution in [-0.2, 0) is 25.7 Å². The van der Waals surface area contributed by atoms with Crippen LogP contribution in [0.5, 0.6) is 0 Å². The Bertz CT molecular complexity index is 1560. The van der Waals surface area contributed by atoms with Gasteiger partial charge in [-0.3, -0.25) is 19.2 Å². The zero-order valence-electron chi connectivity index (χ0n) is 26.8. The molecule has 0 radical (unpaired) electrons. The van der Waals surface area contributed by atoms with Gasteiger partial charge in [-0.2, -0.15) is 0 Å². The van der Waals surface area contributed by atoms with Gasteiger partial charge in [-0.15, -0.1) is 11.3 Å². The number of hydrogen-bond acceptors (Lipinski definition) is 7. The number of allylic oxidation sites excluding steroid dienone is 1. The van der Waals surface area contributed by atoms with E-state index in [0.717, 1.165) is 43.4 Å². The highest BCUT2D eigenvalue weighted by Gasteiger charge is 2.51. The van der Waals surface area contributed by atoms with E-state index in [-0.39, 0.29) is 57.2 Å². The molecule has 3 N–H and O–H groups in total. The third kappa shape index (κ3) is 9.23. The number of methoxy groups -OCH3 is 1. The summed E-state index contributed by atoms with van der Waals surface area (Å²) < 4.78 is 6.33. The molecule has 13 heteroatoms. The number of carbonyl (C=O) groups is 4. The minimum absolute atomic E-state index is 0.0444. The van der Waals surface area contributed by atoms with Crippen molar-refractivity contribution in [2.45, 2.75) is 90.8 Å². The van der Waals surface area contributed by atoms with Crippen LogP contribution in [0.2, 0.25) is 8.67 Å². The van der Waals surface area contributed by atoms with Crippen LogP contribution in [0.3, 0.4) is 0 Å². The molecule has 2 bridgehead atoms. The number of pyridine rings is 1. The molecule has 4 rings (SSSR count). The van der Waals surface area contributed by atoms with E-state index in [1.54, 1.807) is 6.07 Å². The summed E-state index contributed by atoms with van der Waals surface area (Å²) in [6.07, 6.45) is 9.52. The molecule has 10 nitrogen and oxygen atoms in total. The predicted molar refractivity (Wildman–Crippen MR) is 180 cm³/mol. The third-order valence-corrected chi connectivity index (χ3v) is 10.1. The Labute approximate surface area is 283 Å². The molecule has 250 valence electrons. The number of carbonyl (C=O) groups excluding carboxylic acids is 4. The number of ether oxygens (including phenoxy) is 1. The SMILES string of the molecule is COC(=O)/C=C/CC[C@H](NC(=O)c1cc(Cl)sc1Cl)C(=O)Nc1cccn(CC(=O)NC23CC(CC(C)(C)C2)CC(C)(C)C3)c1=O. The van der Waals surface area contributed by atoms with E-state index in [1.165, 1.54) is 42.2 Å². The Morgan fingerprint density at radius 2 is 1.78 bits per heavy atom. The number of halogens is 2. The molecule has 2 aromatic heterocycles. The first-order valence-corrected chi connectivity index (χ1v) is 16.9. The van der Waals surface area contributed by atoms with E-state index in [4.69, 9.17) is 23.2 Å². The zero-order valence-corrected chi connectivity index (χ0v) is 29.2. The first kappa shape index (κ1) is 35.7. The average Bonchev–Trinajstić information content (AvgIpc) is 3.27. The van der Waals surface area contributed by atoms with Crippen LogP contribution >= 0.6 is 34.5 Å². The Hall–Kier alpha value is -3.15. The van der Waals surface area contributed by atoms with Gasteiger partial charge in [0, 0.05) is 17.8 Å². The fourth-order valence-electron chi connectivity index (χ4n) is 7.63. The Kier molecular flexibility index (Phi) is 11.1. The maximum absolute atomic E-state index is 13.4. The molecule has 0 aliphatic heterocycles. The second-order valence-electron chi connectivity index (χ2n) is 14.1. The number of rotatable bonds is 11. The molecule has 1 atom stereocenters. The molecule has 2 aromatic rings. The molecule has 0 aromatic carbocycles. The number of nitrogens with zero attached hydrogens (tertiary/aromatic N) is 1. The normalized spacial score (nSPS) is 22.1. The van der Waals surface area contributed by atoms with Gasteiger partial charge in [0.2, 0.25) is 11.8 Å². The van der Waals surface area contributed by atoms with E-state index in [2.05, 4.69) is 48.4 Å². The third-order valence-electron chi connectivity index (χ3n) is 8.59. The van der Waals surface area contributed by atoms with E-state index < -0.39 is 29.4 Å². The van der Waals surface area contributed by atoms with Crippen LogP contribution in [0.4, 0.5) is 5.69 Å². The first-order chi connectivity index (χ1) is 21.5. The summed E-state index contributed by atoms with van der Waals surface area (Å²) in [4.78, 5) is 64.7. The molecule has 0 unspecified atom stereocenters. The number of anilines is 1. The standard InChI is InChI=1S/C33H42Cl2N4O6S/c1-31(2)14-20-15-32(3,4)19-33(16-20,18-31)38-25(40)17-39-12-8-10-23(30(39)44)37-29(43)22(9-6-7-11-26(41)45-5)36-28(42)21-13-24(34)46-27(21)35/h7-8,10-13,20,22H,6,9,14-19H2,1-5H3,(H,36,42)(H,37,43)(H,38,40)/b11-7+/t20?,22-,33?/m0/s1. The minimum Gasteiger partial charge on any atom is -0.466 e. The van der Waals surface area contributed by atoms with Gasteiger partial charge < -0.3 is 25.3 Å². The molecule has 2 heterocycles. The van der Waals surface area contributed by atoms with Crippen LogP contribution in [0.1, 0.15) is 83.0 Å². The van der Waals surface area contributed by atoms with Crippen molar-refractivity contribution < 1.29 is 23.9 Å². The topological polar surface area (TPSA) is 136 Å². The van der Waals surface area contributed by atoms with Gasteiger partial charge in [-0.1, -0.05) is 57.0 Å². The van der Waals surface area contributed by atoms with E-state index >= 15 is 0 Å². The Morgan fingerprint density at radius 1 is 1.11 bits per heavy atom. The maximum atomic E-state index is 13.4. The summed E-state index contributed by atoms with van der Waals surface area (Å²) in [5, 5.41) is 8.57. The highest BCUT2D eigenvalue weighted by Crippen LogP contribution is 2.55. The molecular formula is C33H42Cl2N4O6S. The second-order valence-corrected chi connectivity index (χ2v) is 16.4. The number of aromatic nitrogens is 1. The van der Waals surface area contributed by atoms with Crippen molar-refractivity contribution in [2.24, 2.45) is 16.7 Å². The largest absolute Gasteiger partial charge is 0.466 e. The molecule has 0 spiro atoms. The van der Waals surface area contributed by atoms with Crippen molar-refractivity contribution in [3.8, 4) is 0 Å². The van der Waals surface area contributed by atoms with Crippen molar-refractivity contribution in [3.63, 3.8) is 0 Å². The first-order valence-electron chi connectivity index (χ1n) is 15.3. The zero-order chi connectivity index (χ0) is 33.9. The van der Waals surface area contributed by atoms with Gasteiger partial charge in [0.25, 0.3) is 11.5 Å². The van der Waals surface area contributed by atoms with Gasteiger partial charge in [0.15, 0.2) is 0 Å². The molecule has 2 saturated carbocycles. The number of esters is 1. The summed E-state index contributed by atoms with van der Waals surface area (Å²) >= 11 is 13.1. The Morgan fingerprint density at radius 3 is 2.39 bits per heavy atom.